The number of carbonyl (C=O) groups excluding carboxylic acids is 2. The molecule has 8 heteroatoms. The average molecular weight is 463 g/mol. The van der Waals surface area contributed by atoms with Crippen molar-refractivity contribution in [2.24, 2.45) is 0 Å². The summed E-state index contributed by atoms with van der Waals surface area (Å²) >= 11 is 6.07. The summed E-state index contributed by atoms with van der Waals surface area (Å²) in [5.41, 5.74) is 3.38. The van der Waals surface area contributed by atoms with E-state index in [-0.39, 0.29) is 30.1 Å². The largest absolute Gasteiger partial charge is 0.324 e. The quantitative estimate of drug-likeness (QED) is 0.393. The molecule has 2 aromatic heterocycles. The van der Waals surface area contributed by atoms with Crippen LogP contribution in [0.15, 0.2) is 73.2 Å². The molecule has 166 valence electrons. The lowest BCUT2D eigenvalue weighted by molar-refractivity contribution is -0.115. The molecule has 0 saturated carbocycles. The van der Waals surface area contributed by atoms with Crippen LogP contribution in [0, 0.1) is 12.7 Å². The highest BCUT2D eigenvalue weighted by Crippen LogP contribution is 2.21. The first-order chi connectivity index (χ1) is 15.9. The van der Waals surface area contributed by atoms with Crippen molar-refractivity contribution in [2.45, 2.75) is 19.8 Å². The smallest absolute Gasteiger partial charge is 0.228 e. The van der Waals surface area contributed by atoms with Crippen LogP contribution in [0.3, 0.4) is 0 Å². The zero-order valence-corrected chi connectivity index (χ0v) is 18.5. The van der Waals surface area contributed by atoms with Crippen LogP contribution in [0.25, 0.3) is 5.69 Å². The van der Waals surface area contributed by atoms with Gasteiger partial charge in [-0.3, -0.25) is 14.6 Å². The van der Waals surface area contributed by atoms with E-state index in [4.69, 9.17) is 11.6 Å². The lowest BCUT2D eigenvalue weighted by atomic mass is 10.0. The minimum atomic E-state index is -0.550. The number of nitrogens with one attached hydrogen (secondary N) is 1. The zero-order chi connectivity index (χ0) is 23.4. The Kier molecular flexibility index (Phi) is 6.60. The van der Waals surface area contributed by atoms with E-state index < -0.39 is 5.82 Å². The Labute approximate surface area is 195 Å². The summed E-state index contributed by atoms with van der Waals surface area (Å²) in [5.74, 6) is -1.04. The summed E-state index contributed by atoms with van der Waals surface area (Å²) in [6.07, 6.45) is 4.96. The third-order valence-corrected chi connectivity index (χ3v) is 5.28. The number of aromatic nitrogens is 3. The normalized spacial score (nSPS) is 10.8. The Morgan fingerprint density at radius 2 is 1.85 bits per heavy atom. The topological polar surface area (TPSA) is 76.9 Å². The number of hydrogen-bond donors (Lipinski definition) is 1. The highest BCUT2D eigenvalue weighted by atomic mass is 35.5. The Morgan fingerprint density at radius 3 is 2.61 bits per heavy atom. The molecule has 0 atom stereocenters. The van der Waals surface area contributed by atoms with Crippen LogP contribution in [0.1, 0.15) is 27.2 Å². The van der Waals surface area contributed by atoms with E-state index in [2.05, 4.69) is 15.4 Å². The van der Waals surface area contributed by atoms with Crippen LogP contribution in [0.2, 0.25) is 5.02 Å². The maximum absolute atomic E-state index is 14.3. The second-order valence-corrected chi connectivity index (χ2v) is 8.01. The molecule has 0 radical (unpaired) electrons. The number of benzene rings is 2. The Morgan fingerprint density at radius 1 is 1.03 bits per heavy atom. The van der Waals surface area contributed by atoms with Gasteiger partial charge in [0.05, 0.1) is 29.0 Å². The van der Waals surface area contributed by atoms with Crippen molar-refractivity contribution < 1.29 is 14.0 Å². The molecular weight excluding hydrogens is 443 g/mol. The second kappa shape index (κ2) is 9.75. The van der Waals surface area contributed by atoms with E-state index in [0.717, 1.165) is 11.3 Å². The van der Waals surface area contributed by atoms with Gasteiger partial charge < -0.3 is 5.32 Å². The predicted octanol–water partition coefficient (Wildman–Crippen LogP) is 4.97. The van der Waals surface area contributed by atoms with Crippen LogP contribution in [0.4, 0.5) is 10.1 Å². The van der Waals surface area contributed by atoms with Crippen LogP contribution >= 0.6 is 11.6 Å². The van der Waals surface area contributed by atoms with Gasteiger partial charge in [-0.05, 0) is 54.4 Å². The monoisotopic (exact) mass is 462 g/mol. The number of amides is 1. The van der Waals surface area contributed by atoms with Gasteiger partial charge in [0, 0.05) is 30.1 Å². The second-order valence-electron chi connectivity index (χ2n) is 7.60. The SMILES string of the molecule is Cc1ccc(CC(=O)c2cc(F)cc(-n3cc(CC(=O)Nc4ccccc4Cl)cn3)c2)cn1. The maximum Gasteiger partial charge on any atom is 0.228 e. The number of carbonyl (C=O) groups is 2. The molecule has 0 fully saturated rings. The fourth-order valence-corrected chi connectivity index (χ4v) is 3.48. The van der Waals surface area contributed by atoms with Crippen LogP contribution < -0.4 is 5.32 Å². The van der Waals surface area contributed by atoms with Gasteiger partial charge in [0.1, 0.15) is 5.82 Å². The number of hydrogen-bond acceptors (Lipinski definition) is 4. The summed E-state index contributed by atoms with van der Waals surface area (Å²) < 4.78 is 15.7. The standard InChI is InChI=1S/C25H20ClFN4O2/c1-16-6-7-17(13-28-16)8-24(32)19-10-20(27)12-21(11-19)31-15-18(14-29-31)9-25(33)30-23-5-3-2-4-22(23)26/h2-7,10-15H,8-9H2,1H3,(H,30,33). The molecule has 4 aromatic rings. The molecule has 4 rings (SSSR count). The lowest BCUT2D eigenvalue weighted by Crippen LogP contribution is -2.14. The summed E-state index contributed by atoms with van der Waals surface area (Å²) in [5, 5.41) is 7.42. The third kappa shape index (κ3) is 5.70. The van der Waals surface area contributed by atoms with Crippen LogP contribution in [-0.2, 0) is 17.6 Å². The lowest BCUT2D eigenvalue weighted by Gasteiger charge is -2.07. The minimum absolute atomic E-state index is 0.0623. The third-order valence-electron chi connectivity index (χ3n) is 4.96. The fraction of sp³-hybridized carbons (Fsp3) is 0.120. The summed E-state index contributed by atoms with van der Waals surface area (Å²) in [7, 11) is 0. The van der Waals surface area contributed by atoms with Gasteiger partial charge in [-0.1, -0.05) is 29.8 Å². The number of pyridine rings is 1. The van der Waals surface area contributed by atoms with Gasteiger partial charge >= 0.3 is 0 Å². The average Bonchev–Trinajstić information content (AvgIpc) is 3.25. The van der Waals surface area contributed by atoms with Crippen molar-refractivity contribution in [1.29, 1.82) is 0 Å². The van der Waals surface area contributed by atoms with Crippen molar-refractivity contribution in [3.8, 4) is 5.69 Å². The molecule has 0 spiro atoms. The number of nitrogens with zero attached hydrogens (tertiary/aromatic N) is 3. The molecule has 0 aliphatic heterocycles. The van der Waals surface area contributed by atoms with E-state index in [1.165, 1.54) is 23.0 Å². The van der Waals surface area contributed by atoms with E-state index in [1.54, 1.807) is 42.7 Å². The van der Waals surface area contributed by atoms with Gasteiger partial charge in [0.2, 0.25) is 5.91 Å². The first kappa shape index (κ1) is 22.4. The Bertz CT molecular complexity index is 1320. The molecule has 0 bridgehead atoms. The van der Waals surface area contributed by atoms with Crippen molar-refractivity contribution in [1.82, 2.24) is 14.8 Å². The number of para-hydroxylation sites is 1. The van der Waals surface area contributed by atoms with Crippen molar-refractivity contribution in [3.63, 3.8) is 0 Å². The highest BCUT2D eigenvalue weighted by Gasteiger charge is 2.13. The maximum atomic E-state index is 14.3. The Hall–Kier alpha value is -3.84. The van der Waals surface area contributed by atoms with Gasteiger partial charge in [-0.25, -0.2) is 9.07 Å². The molecule has 0 aliphatic rings. The Balaban J connectivity index is 1.47. The predicted molar refractivity (Wildman–Crippen MR) is 124 cm³/mol. The molecule has 33 heavy (non-hydrogen) atoms. The molecule has 0 unspecified atom stereocenters. The highest BCUT2D eigenvalue weighted by molar-refractivity contribution is 6.33. The van der Waals surface area contributed by atoms with Crippen LogP contribution in [0.5, 0.6) is 0 Å². The van der Waals surface area contributed by atoms with Crippen LogP contribution in [-0.4, -0.2) is 26.5 Å². The number of aryl methyl sites for hydroxylation is 1. The fourth-order valence-electron chi connectivity index (χ4n) is 3.29. The van der Waals surface area contributed by atoms with Gasteiger partial charge in [0.15, 0.2) is 5.78 Å². The zero-order valence-electron chi connectivity index (χ0n) is 17.8. The van der Waals surface area contributed by atoms with Crippen molar-refractivity contribution in [2.75, 3.05) is 5.32 Å². The van der Waals surface area contributed by atoms with Gasteiger partial charge in [-0.15, -0.1) is 0 Å². The molecular formula is C25H20ClFN4O2. The summed E-state index contributed by atoms with van der Waals surface area (Å²) in [4.78, 5) is 29.2. The molecule has 0 saturated heterocycles. The number of ketones is 1. The summed E-state index contributed by atoms with van der Waals surface area (Å²) in [6.45, 7) is 1.86. The van der Waals surface area contributed by atoms with E-state index in [9.17, 15) is 14.0 Å². The van der Waals surface area contributed by atoms with Gasteiger partial charge in [-0.2, -0.15) is 5.10 Å². The number of Topliss-reactive ketones (excluding diaryl/α,β-unsaturated/α-hetero) is 1. The van der Waals surface area contributed by atoms with E-state index in [1.807, 2.05) is 19.1 Å². The molecule has 0 aliphatic carbocycles. The number of halogens is 2. The minimum Gasteiger partial charge on any atom is -0.324 e. The molecule has 2 aromatic carbocycles. The first-order valence-electron chi connectivity index (χ1n) is 10.2. The molecule has 2 heterocycles. The number of rotatable bonds is 7. The molecule has 1 N–H and O–H groups in total. The molecule has 6 nitrogen and oxygen atoms in total. The van der Waals surface area contributed by atoms with E-state index in [0.29, 0.717) is 22.0 Å². The number of anilines is 1. The molecule has 1 amide bonds. The first-order valence-corrected chi connectivity index (χ1v) is 10.6. The van der Waals surface area contributed by atoms with E-state index >= 15 is 0 Å². The summed E-state index contributed by atoms with van der Waals surface area (Å²) in [6, 6.07) is 14.7. The van der Waals surface area contributed by atoms with Gasteiger partial charge in [0.25, 0.3) is 0 Å². The van der Waals surface area contributed by atoms with Crippen molar-refractivity contribution >= 4 is 29.0 Å². The van der Waals surface area contributed by atoms with Crippen molar-refractivity contribution in [3.05, 3.63) is 106 Å².